The normalized spacial score (nSPS) is 25.1. The van der Waals surface area contributed by atoms with Crippen LogP contribution in [0.25, 0.3) is 0 Å². The van der Waals surface area contributed by atoms with Crippen molar-refractivity contribution in [2.24, 2.45) is 11.8 Å². The van der Waals surface area contributed by atoms with E-state index in [0.717, 1.165) is 12.8 Å². The van der Waals surface area contributed by atoms with Crippen molar-refractivity contribution < 1.29 is 32.6 Å². The maximum Gasteiger partial charge on any atom is 0.573 e. The molecule has 1 heterocycles. The molecule has 0 unspecified atom stereocenters. The Hall–Kier alpha value is -2.25. The first kappa shape index (κ1) is 19.5. The predicted molar refractivity (Wildman–Crippen MR) is 90.1 cm³/mol. The van der Waals surface area contributed by atoms with Crippen LogP contribution in [0.4, 0.5) is 13.2 Å². The summed E-state index contributed by atoms with van der Waals surface area (Å²) in [5, 5.41) is 8.81. The average Bonchev–Trinajstić information content (AvgIpc) is 3.39. The third-order valence-electron chi connectivity index (χ3n) is 5.25. The summed E-state index contributed by atoms with van der Waals surface area (Å²) in [5.74, 6) is -1.58. The summed E-state index contributed by atoms with van der Waals surface area (Å²) in [5.41, 5.74) is 0.410. The molecule has 1 aromatic rings. The molecule has 1 N–H and O–H groups in total. The number of carbonyl (C=O) groups excluding carboxylic acids is 1. The van der Waals surface area contributed by atoms with Gasteiger partial charge in [0.15, 0.2) is 0 Å². The van der Waals surface area contributed by atoms with Gasteiger partial charge in [-0.3, -0.25) is 9.59 Å². The topological polar surface area (TPSA) is 66.8 Å². The van der Waals surface area contributed by atoms with Gasteiger partial charge in [-0.05, 0) is 49.1 Å². The highest BCUT2D eigenvalue weighted by Crippen LogP contribution is 2.52. The van der Waals surface area contributed by atoms with E-state index in [2.05, 4.69) is 4.74 Å². The molecule has 1 saturated heterocycles. The molecule has 1 amide bonds. The molecule has 3 atom stereocenters. The van der Waals surface area contributed by atoms with Crippen LogP contribution < -0.4 is 4.74 Å². The van der Waals surface area contributed by atoms with Crippen molar-refractivity contribution in [1.82, 2.24) is 4.90 Å². The number of aliphatic carboxylic acids is 1. The van der Waals surface area contributed by atoms with E-state index in [9.17, 15) is 22.8 Å². The first-order chi connectivity index (χ1) is 12.7. The fourth-order valence-electron chi connectivity index (χ4n) is 3.88. The van der Waals surface area contributed by atoms with E-state index in [1.807, 2.05) is 0 Å². The molecular weight excluding hydrogens is 363 g/mol. The molecule has 1 aliphatic heterocycles. The molecule has 1 aliphatic carbocycles. The van der Waals surface area contributed by atoms with Gasteiger partial charge in [0.2, 0.25) is 5.91 Å². The van der Waals surface area contributed by atoms with Crippen molar-refractivity contribution in [3.05, 3.63) is 29.8 Å². The lowest BCUT2D eigenvalue weighted by Gasteiger charge is -2.33. The second kappa shape index (κ2) is 7.78. The Morgan fingerprint density at radius 1 is 1.26 bits per heavy atom. The van der Waals surface area contributed by atoms with Crippen molar-refractivity contribution in [3.63, 3.8) is 0 Å². The van der Waals surface area contributed by atoms with E-state index in [1.54, 1.807) is 17.0 Å². The van der Waals surface area contributed by atoms with Gasteiger partial charge < -0.3 is 14.7 Å². The number of piperidine rings is 1. The molecule has 0 radical (unpaired) electrons. The van der Waals surface area contributed by atoms with E-state index in [1.165, 1.54) is 12.1 Å². The Labute approximate surface area is 155 Å². The summed E-state index contributed by atoms with van der Waals surface area (Å²) in [7, 11) is 0. The number of likely N-dealkylation sites (tertiary alicyclic amines) is 1. The number of carboxylic acid groups (broad SMARTS) is 1. The van der Waals surface area contributed by atoms with Crippen LogP contribution in [0, 0.1) is 11.8 Å². The largest absolute Gasteiger partial charge is 0.573 e. The fraction of sp³-hybridized carbons (Fsp3) is 0.579. The molecule has 148 valence electrons. The Kier molecular flexibility index (Phi) is 5.62. The van der Waals surface area contributed by atoms with Gasteiger partial charge in [0.1, 0.15) is 5.75 Å². The Balaban J connectivity index is 1.61. The van der Waals surface area contributed by atoms with Gasteiger partial charge in [-0.15, -0.1) is 13.2 Å². The van der Waals surface area contributed by atoms with Crippen LogP contribution in [0.5, 0.6) is 5.75 Å². The first-order valence-electron chi connectivity index (χ1n) is 9.10. The fourth-order valence-corrected chi connectivity index (χ4v) is 3.88. The maximum atomic E-state index is 12.8. The number of benzene rings is 1. The predicted octanol–water partition coefficient (Wildman–Crippen LogP) is 3.79. The SMILES string of the molecule is O=C(O)CC[C@@H]1CCCN(C(=O)[C@@H]2C[C@H]2c2ccccc2OC(F)(F)F)C1. The lowest BCUT2D eigenvalue weighted by molar-refractivity contribution is -0.274. The van der Waals surface area contributed by atoms with Crippen LogP contribution in [-0.4, -0.2) is 41.3 Å². The molecule has 2 aliphatic rings. The average molecular weight is 385 g/mol. The Morgan fingerprint density at radius 2 is 2.00 bits per heavy atom. The van der Waals surface area contributed by atoms with Crippen LogP contribution in [0.2, 0.25) is 0 Å². The highest BCUT2D eigenvalue weighted by Gasteiger charge is 2.48. The van der Waals surface area contributed by atoms with Crippen molar-refractivity contribution in [1.29, 1.82) is 0 Å². The van der Waals surface area contributed by atoms with E-state index < -0.39 is 12.3 Å². The second-order valence-electron chi connectivity index (χ2n) is 7.26. The minimum absolute atomic E-state index is 0.0539. The highest BCUT2D eigenvalue weighted by molar-refractivity contribution is 5.83. The van der Waals surface area contributed by atoms with Crippen molar-refractivity contribution in [2.75, 3.05) is 13.1 Å². The smallest absolute Gasteiger partial charge is 0.481 e. The molecule has 0 spiro atoms. The summed E-state index contributed by atoms with van der Waals surface area (Å²) in [4.78, 5) is 25.2. The summed E-state index contributed by atoms with van der Waals surface area (Å²) in [6.45, 7) is 1.14. The van der Waals surface area contributed by atoms with Crippen molar-refractivity contribution in [2.45, 2.75) is 44.4 Å². The molecular formula is C19H22F3NO4. The summed E-state index contributed by atoms with van der Waals surface area (Å²) in [6.07, 6.45) is -1.92. The van der Waals surface area contributed by atoms with Crippen molar-refractivity contribution >= 4 is 11.9 Å². The first-order valence-corrected chi connectivity index (χ1v) is 9.10. The number of rotatable bonds is 6. The number of carboxylic acids is 1. The number of para-hydroxylation sites is 1. The second-order valence-corrected chi connectivity index (χ2v) is 7.26. The number of halogens is 3. The molecule has 1 aromatic carbocycles. The third-order valence-corrected chi connectivity index (χ3v) is 5.25. The van der Waals surface area contributed by atoms with Gasteiger partial charge in [-0.2, -0.15) is 0 Å². The number of ether oxygens (including phenoxy) is 1. The number of hydrogen-bond donors (Lipinski definition) is 1. The molecule has 1 saturated carbocycles. The minimum atomic E-state index is -4.77. The lowest BCUT2D eigenvalue weighted by Crippen LogP contribution is -2.41. The zero-order valence-electron chi connectivity index (χ0n) is 14.7. The van der Waals surface area contributed by atoms with Gasteiger partial charge in [0.25, 0.3) is 0 Å². The monoisotopic (exact) mass is 385 g/mol. The summed E-state index contributed by atoms with van der Waals surface area (Å²) >= 11 is 0. The van der Waals surface area contributed by atoms with E-state index >= 15 is 0 Å². The molecule has 8 heteroatoms. The number of carbonyl (C=O) groups is 2. The van der Waals surface area contributed by atoms with Gasteiger partial charge in [0.05, 0.1) is 0 Å². The lowest BCUT2D eigenvalue weighted by atomic mass is 9.93. The van der Waals surface area contributed by atoms with Gasteiger partial charge >= 0.3 is 12.3 Å². The zero-order valence-corrected chi connectivity index (χ0v) is 14.7. The molecule has 27 heavy (non-hydrogen) atoms. The standard InChI is InChI=1S/C19H22F3NO4/c20-19(21,22)27-16-6-2-1-5-13(16)14-10-15(14)18(26)23-9-3-4-12(11-23)7-8-17(24)25/h1-2,5-6,12,14-15H,3-4,7-11H2,(H,24,25)/t12-,14-,15+/m0/s1. The third kappa shape index (κ3) is 5.14. The molecule has 0 aromatic heterocycles. The van der Waals surface area contributed by atoms with Crippen LogP contribution in [0.1, 0.15) is 43.6 Å². The summed E-state index contributed by atoms with van der Waals surface area (Å²) in [6, 6.07) is 5.96. The summed E-state index contributed by atoms with van der Waals surface area (Å²) < 4.78 is 41.9. The van der Waals surface area contributed by atoms with E-state index in [-0.39, 0.29) is 35.8 Å². The van der Waals surface area contributed by atoms with Gasteiger partial charge in [-0.25, -0.2) is 0 Å². The minimum Gasteiger partial charge on any atom is -0.481 e. The number of amides is 1. The van der Waals surface area contributed by atoms with E-state index in [4.69, 9.17) is 5.11 Å². The van der Waals surface area contributed by atoms with Crippen LogP contribution in [0.15, 0.2) is 24.3 Å². The number of hydrogen-bond acceptors (Lipinski definition) is 3. The quantitative estimate of drug-likeness (QED) is 0.809. The maximum absolute atomic E-state index is 12.8. The molecule has 3 rings (SSSR count). The van der Waals surface area contributed by atoms with Crippen LogP contribution >= 0.6 is 0 Å². The van der Waals surface area contributed by atoms with Crippen LogP contribution in [0.3, 0.4) is 0 Å². The highest BCUT2D eigenvalue weighted by atomic mass is 19.4. The number of alkyl halides is 3. The van der Waals surface area contributed by atoms with E-state index in [0.29, 0.717) is 31.5 Å². The van der Waals surface area contributed by atoms with Gasteiger partial charge in [0, 0.05) is 25.4 Å². The molecule has 2 fully saturated rings. The van der Waals surface area contributed by atoms with Gasteiger partial charge in [-0.1, -0.05) is 18.2 Å². The Bertz CT molecular complexity index is 706. The Morgan fingerprint density at radius 3 is 2.70 bits per heavy atom. The molecule has 0 bridgehead atoms. The number of nitrogens with zero attached hydrogens (tertiary/aromatic N) is 1. The van der Waals surface area contributed by atoms with Crippen LogP contribution in [-0.2, 0) is 9.59 Å². The molecule has 5 nitrogen and oxygen atoms in total. The zero-order chi connectivity index (χ0) is 19.6. The van der Waals surface area contributed by atoms with Crippen molar-refractivity contribution in [3.8, 4) is 5.75 Å².